The van der Waals surface area contributed by atoms with Crippen LogP contribution in [-0.2, 0) is 24.6 Å². The number of carbonyl (C=O) groups is 1. The number of hydrogen-bond donors (Lipinski definition) is 3. The van der Waals surface area contributed by atoms with E-state index < -0.39 is 18.1 Å². The Kier molecular flexibility index (Phi) is 9.53. The number of aliphatic hydroxyl groups is 1. The van der Waals surface area contributed by atoms with E-state index in [2.05, 4.69) is 36.5 Å². The van der Waals surface area contributed by atoms with Gasteiger partial charge in [-0.15, -0.1) is 0 Å². The summed E-state index contributed by atoms with van der Waals surface area (Å²) in [5.41, 5.74) is 6.56. The molecule has 0 radical (unpaired) electrons. The molecule has 0 aliphatic heterocycles. The first-order chi connectivity index (χ1) is 19.4. The van der Waals surface area contributed by atoms with Gasteiger partial charge in [-0.25, -0.2) is 0 Å². The van der Waals surface area contributed by atoms with Crippen molar-refractivity contribution >= 4 is 5.97 Å². The molecule has 2 unspecified atom stereocenters. The van der Waals surface area contributed by atoms with Gasteiger partial charge in [0.15, 0.2) is 0 Å². The van der Waals surface area contributed by atoms with Gasteiger partial charge in [0.05, 0.1) is 17.7 Å². The number of aliphatic hydroxyl groups excluding tert-OH is 1. The number of aliphatic carboxylic acids is 1. The number of hydrogen-bond acceptors (Lipinski definition) is 6. The Labute approximate surface area is 234 Å². The molecule has 0 aliphatic carbocycles. The Hall–Kier alpha value is -4.64. The second-order valence-corrected chi connectivity index (χ2v) is 9.55. The minimum Gasteiger partial charge on any atom is -0.489 e. The van der Waals surface area contributed by atoms with Gasteiger partial charge in [0, 0.05) is 18.2 Å². The van der Waals surface area contributed by atoms with E-state index in [1.807, 2.05) is 48.5 Å². The van der Waals surface area contributed by atoms with Crippen LogP contribution in [0, 0.1) is 18.3 Å². The predicted octanol–water partition coefficient (Wildman–Crippen LogP) is 5.62. The lowest BCUT2D eigenvalue weighted by molar-refractivity contribution is -0.142. The molecule has 4 aromatic carbocycles. The van der Waals surface area contributed by atoms with Crippen molar-refractivity contribution in [1.29, 1.82) is 5.26 Å². The molecule has 0 heterocycles. The molecular formula is C33H32N2O5. The average molecular weight is 537 g/mol. The van der Waals surface area contributed by atoms with Crippen LogP contribution in [0.4, 0.5) is 0 Å². The molecule has 0 spiro atoms. The summed E-state index contributed by atoms with van der Waals surface area (Å²) >= 11 is 0. The summed E-state index contributed by atoms with van der Waals surface area (Å²) < 4.78 is 12.3. The lowest BCUT2D eigenvalue weighted by Gasteiger charge is -2.19. The highest BCUT2D eigenvalue weighted by Crippen LogP contribution is 2.29. The highest BCUT2D eigenvalue weighted by Gasteiger charge is 2.23. The van der Waals surface area contributed by atoms with Gasteiger partial charge in [-0.05, 0) is 59.9 Å². The van der Waals surface area contributed by atoms with Crippen LogP contribution in [0.5, 0.6) is 11.5 Å². The zero-order chi connectivity index (χ0) is 28.5. The van der Waals surface area contributed by atoms with Crippen molar-refractivity contribution < 1.29 is 24.5 Å². The third kappa shape index (κ3) is 7.26. The molecule has 0 fully saturated rings. The second-order valence-electron chi connectivity index (χ2n) is 9.55. The summed E-state index contributed by atoms with van der Waals surface area (Å²) in [4.78, 5) is 11.5. The standard InChI is InChI=1S/C33H32N2O5/c1-22-28(12-7-13-30(22)26-10-4-3-5-11-26)21-39-29-15-14-27(19-35-32(23(2)36)33(37)38)31(17-29)40-20-25-9-6-8-24(16-25)18-34/h3-17,23,32,35-36H,19-21H2,1-2H3,(H,37,38). The topological polar surface area (TPSA) is 112 Å². The van der Waals surface area contributed by atoms with Crippen molar-refractivity contribution in [3.63, 3.8) is 0 Å². The van der Waals surface area contributed by atoms with E-state index in [1.54, 1.807) is 24.3 Å². The van der Waals surface area contributed by atoms with Gasteiger partial charge in [-0.1, -0.05) is 66.7 Å². The van der Waals surface area contributed by atoms with Gasteiger partial charge >= 0.3 is 5.97 Å². The Bertz CT molecular complexity index is 1490. The van der Waals surface area contributed by atoms with Crippen LogP contribution in [0.3, 0.4) is 0 Å². The minimum absolute atomic E-state index is 0.161. The van der Waals surface area contributed by atoms with E-state index in [0.717, 1.165) is 27.8 Å². The molecule has 3 N–H and O–H groups in total. The van der Waals surface area contributed by atoms with E-state index >= 15 is 0 Å². The van der Waals surface area contributed by atoms with E-state index in [0.29, 0.717) is 29.2 Å². The third-order valence-corrected chi connectivity index (χ3v) is 6.68. The molecule has 0 saturated carbocycles. The number of carboxylic acids is 1. The van der Waals surface area contributed by atoms with Crippen molar-refractivity contribution in [3.8, 4) is 28.7 Å². The second kappa shape index (κ2) is 13.4. The van der Waals surface area contributed by atoms with Crippen molar-refractivity contribution in [2.24, 2.45) is 0 Å². The lowest BCUT2D eigenvalue weighted by atomic mass is 9.97. The van der Waals surface area contributed by atoms with Gasteiger partial charge in [-0.2, -0.15) is 5.26 Å². The van der Waals surface area contributed by atoms with Crippen LogP contribution in [0.1, 0.15) is 34.7 Å². The number of carboxylic acid groups (broad SMARTS) is 1. The van der Waals surface area contributed by atoms with E-state index in [4.69, 9.17) is 9.47 Å². The first kappa shape index (κ1) is 28.4. The number of rotatable bonds is 12. The first-order valence-corrected chi connectivity index (χ1v) is 13.0. The molecule has 0 saturated heterocycles. The van der Waals surface area contributed by atoms with Gasteiger partial charge in [0.1, 0.15) is 30.8 Å². The monoisotopic (exact) mass is 536 g/mol. The van der Waals surface area contributed by atoms with Crippen LogP contribution in [0.15, 0.2) is 91.0 Å². The largest absolute Gasteiger partial charge is 0.489 e. The van der Waals surface area contributed by atoms with Gasteiger partial charge in [0.2, 0.25) is 0 Å². The first-order valence-electron chi connectivity index (χ1n) is 13.0. The SMILES string of the molecule is Cc1c(COc2ccc(CNC(C(=O)O)C(C)O)c(OCc3cccc(C#N)c3)c2)cccc1-c1ccccc1. The molecule has 0 bridgehead atoms. The van der Waals surface area contributed by atoms with E-state index in [9.17, 15) is 20.3 Å². The van der Waals surface area contributed by atoms with Crippen LogP contribution >= 0.6 is 0 Å². The van der Waals surface area contributed by atoms with Crippen molar-refractivity contribution in [3.05, 3.63) is 119 Å². The molecule has 4 aromatic rings. The lowest BCUT2D eigenvalue weighted by Crippen LogP contribution is -2.44. The van der Waals surface area contributed by atoms with Crippen molar-refractivity contribution in [1.82, 2.24) is 5.32 Å². The number of nitriles is 1. The highest BCUT2D eigenvalue weighted by atomic mass is 16.5. The molecular weight excluding hydrogens is 504 g/mol. The van der Waals surface area contributed by atoms with E-state index in [1.165, 1.54) is 6.92 Å². The summed E-state index contributed by atoms with van der Waals surface area (Å²) in [6.07, 6.45) is -1.08. The summed E-state index contributed by atoms with van der Waals surface area (Å²) in [6.45, 7) is 4.24. The summed E-state index contributed by atoms with van der Waals surface area (Å²) in [5.74, 6) is -0.0324. The van der Waals surface area contributed by atoms with Gasteiger partial charge in [0.25, 0.3) is 0 Å². The van der Waals surface area contributed by atoms with Crippen molar-refractivity contribution in [2.45, 2.75) is 45.8 Å². The maximum Gasteiger partial charge on any atom is 0.323 e. The number of ether oxygens (including phenoxy) is 2. The molecule has 0 aliphatic rings. The number of nitrogens with one attached hydrogen (secondary N) is 1. The molecule has 204 valence electrons. The average Bonchev–Trinajstić information content (AvgIpc) is 2.96. The van der Waals surface area contributed by atoms with Crippen LogP contribution in [0.25, 0.3) is 11.1 Å². The zero-order valence-corrected chi connectivity index (χ0v) is 22.5. The molecule has 4 rings (SSSR count). The maximum atomic E-state index is 11.5. The molecule has 0 amide bonds. The van der Waals surface area contributed by atoms with Crippen LogP contribution < -0.4 is 14.8 Å². The quantitative estimate of drug-likeness (QED) is 0.216. The normalized spacial score (nSPS) is 12.2. The minimum atomic E-state index is -1.14. The molecule has 7 nitrogen and oxygen atoms in total. The number of benzene rings is 4. The van der Waals surface area contributed by atoms with Crippen molar-refractivity contribution in [2.75, 3.05) is 0 Å². The fourth-order valence-electron chi connectivity index (χ4n) is 4.41. The predicted molar refractivity (Wildman–Crippen MR) is 153 cm³/mol. The van der Waals surface area contributed by atoms with E-state index in [-0.39, 0.29) is 13.2 Å². The van der Waals surface area contributed by atoms with Gasteiger partial charge in [-0.3, -0.25) is 10.1 Å². The maximum absolute atomic E-state index is 11.5. The fourth-order valence-corrected chi connectivity index (χ4v) is 4.41. The zero-order valence-electron chi connectivity index (χ0n) is 22.5. The molecule has 0 aromatic heterocycles. The smallest absolute Gasteiger partial charge is 0.323 e. The Morgan fingerprint density at radius 2 is 1.70 bits per heavy atom. The number of nitrogens with zero attached hydrogens (tertiary/aromatic N) is 1. The highest BCUT2D eigenvalue weighted by molar-refractivity contribution is 5.74. The Morgan fingerprint density at radius 3 is 2.42 bits per heavy atom. The summed E-state index contributed by atoms with van der Waals surface area (Å²) in [6, 6.07) is 29.9. The summed E-state index contributed by atoms with van der Waals surface area (Å²) in [5, 5.41) is 31.4. The Morgan fingerprint density at radius 1 is 0.925 bits per heavy atom. The molecule has 2 atom stereocenters. The fraction of sp³-hybridized carbons (Fsp3) is 0.212. The molecule has 7 heteroatoms. The van der Waals surface area contributed by atoms with Gasteiger partial charge < -0.3 is 19.7 Å². The molecule has 40 heavy (non-hydrogen) atoms. The van der Waals surface area contributed by atoms with Crippen LogP contribution in [-0.4, -0.2) is 28.3 Å². The third-order valence-electron chi connectivity index (χ3n) is 6.68. The summed E-state index contributed by atoms with van der Waals surface area (Å²) in [7, 11) is 0. The Balaban J connectivity index is 1.54. The van der Waals surface area contributed by atoms with Crippen LogP contribution in [0.2, 0.25) is 0 Å².